The molecule has 1 aliphatic carbocycles. The summed E-state index contributed by atoms with van der Waals surface area (Å²) in [5.41, 5.74) is 2.12. The van der Waals surface area contributed by atoms with E-state index in [1.54, 1.807) is 11.8 Å². The Bertz CT molecular complexity index is 863. The number of hydrogen-bond donors (Lipinski definition) is 1. The highest BCUT2D eigenvalue weighted by molar-refractivity contribution is 14.1. The molecular weight excluding hydrogens is 491 g/mol. The molecule has 1 N–H and O–H groups in total. The van der Waals surface area contributed by atoms with E-state index < -0.39 is 6.04 Å². The lowest BCUT2D eigenvalue weighted by Gasteiger charge is -2.30. The Morgan fingerprint density at radius 1 is 1.13 bits per heavy atom. The fourth-order valence-corrected chi connectivity index (χ4v) is 4.06. The van der Waals surface area contributed by atoms with E-state index in [4.69, 9.17) is 4.74 Å². The van der Waals surface area contributed by atoms with Crippen LogP contribution < -0.4 is 10.1 Å². The Labute approximate surface area is 192 Å². The van der Waals surface area contributed by atoms with E-state index in [0.717, 1.165) is 40.4 Å². The smallest absolute Gasteiger partial charge is 0.261 e. The molecule has 0 radical (unpaired) electrons. The summed E-state index contributed by atoms with van der Waals surface area (Å²) in [7, 11) is 0. The quantitative estimate of drug-likeness (QED) is 0.524. The molecule has 0 aromatic heterocycles. The Morgan fingerprint density at radius 3 is 2.47 bits per heavy atom. The molecule has 0 saturated heterocycles. The van der Waals surface area contributed by atoms with Gasteiger partial charge in [0.2, 0.25) is 5.91 Å². The number of ether oxygens (including phenoxy) is 1. The Morgan fingerprint density at radius 2 is 1.80 bits per heavy atom. The zero-order valence-electron chi connectivity index (χ0n) is 17.6. The van der Waals surface area contributed by atoms with Crippen LogP contribution in [0, 0.1) is 10.5 Å². The van der Waals surface area contributed by atoms with Crippen molar-refractivity contribution in [1.82, 2.24) is 10.2 Å². The average Bonchev–Trinajstić information content (AvgIpc) is 3.25. The number of carbonyl (C=O) groups is 2. The van der Waals surface area contributed by atoms with Crippen molar-refractivity contribution >= 4 is 34.4 Å². The zero-order valence-corrected chi connectivity index (χ0v) is 19.7. The van der Waals surface area contributed by atoms with Crippen molar-refractivity contribution in [1.29, 1.82) is 0 Å². The molecule has 0 heterocycles. The van der Waals surface area contributed by atoms with Gasteiger partial charge in [-0.2, -0.15) is 0 Å². The molecule has 1 saturated carbocycles. The van der Waals surface area contributed by atoms with Crippen molar-refractivity contribution in [3.63, 3.8) is 0 Å². The SMILES string of the molecule is Cc1ccccc1CN(C(=O)COc1ccc(I)cc1)C(C)C(=O)NC1CCCC1. The van der Waals surface area contributed by atoms with E-state index in [2.05, 4.69) is 27.9 Å². The molecule has 6 heteroatoms. The van der Waals surface area contributed by atoms with Gasteiger partial charge in [-0.05, 0) is 84.7 Å². The van der Waals surface area contributed by atoms with Crippen LogP contribution in [0.2, 0.25) is 0 Å². The molecule has 1 unspecified atom stereocenters. The number of nitrogens with zero attached hydrogens (tertiary/aromatic N) is 1. The van der Waals surface area contributed by atoms with Gasteiger partial charge in [-0.3, -0.25) is 9.59 Å². The molecule has 1 aliphatic rings. The summed E-state index contributed by atoms with van der Waals surface area (Å²) in [6, 6.07) is 15.1. The van der Waals surface area contributed by atoms with Gasteiger partial charge in [-0.25, -0.2) is 0 Å². The highest BCUT2D eigenvalue weighted by Crippen LogP contribution is 2.19. The van der Waals surface area contributed by atoms with Gasteiger partial charge >= 0.3 is 0 Å². The molecule has 5 nitrogen and oxygen atoms in total. The van der Waals surface area contributed by atoms with Gasteiger partial charge < -0.3 is 15.0 Å². The van der Waals surface area contributed by atoms with Crippen LogP contribution in [0.1, 0.15) is 43.7 Å². The Balaban J connectivity index is 1.71. The van der Waals surface area contributed by atoms with Crippen LogP contribution in [0.3, 0.4) is 0 Å². The summed E-state index contributed by atoms with van der Waals surface area (Å²) >= 11 is 2.23. The van der Waals surface area contributed by atoms with Gasteiger partial charge in [0.05, 0.1) is 0 Å². The average molecular weight is 520 g/mol. The number of hydrogen-bond acceptors (Lipinski definition) is 3. The topological polar surface area (TPSA) is 58.6 Å². The number of halogens is 1. The number of rotatable bonds is 8. The number of benzene rings is 2. The third kappa shape index (κ3) is 6.20. The first-order valence-corrected chi connectivity index (χ1v) is 11.5. The van der Waals surface area contributed by atoms with Crippen molar-refractivity contribution in [2.45, 2.75) is 58.2 Å². The van der Waals surface area contributed by atoms with Crippen LogP contribution in [0.4, 0.5) is 0 Å². The molecule has 2 aromatic carbocycles. The minimum Gasteiger partial charge on any atom is -0.484 e. The van der Waals surface area contributed by atoms with E-state index >= 15 is 0 Å². The predicted octanol–water partition coefficient (Wildman–Crippen LogP) is 4.45. The zero-order chi connectivity index (χ0) is 21.5. The number of aryl methyl sites for hydroxylation is 1. The van der Waals surface area contributed by atoms with Gasteiger partial charge in [-0.15, -0.1) is 0 Å². The molecule has 30 heavy (non-hydrogen) atoms. The second-order valence-corrected chi connectivity index (χ2v) is 9.10. The summed E-state index contributed by atoms with van der Waals surface area (Å²) in [6.45, 7) is 4.09. The minimum atomic E-state index is -0.571. The lowest BCUT2D eigenvalue weighted by atomic mass is 10.1. The van der Waals surface area contributed by atoms with Crippen LogP contribution in [0.25, 0.3) is 0 Å². The molecule has 3 rings (SSSR count). The molecule has 0 spiro atoms. The maximum Gasteiger partial charge on any atom is 0.261 e. The van der Waals surface area contributed by atoms with E-state index in [0.29, 0.717) is 12.3 Å². The van der Waals surface area contributed by atoms with Crippen molar-refractivity contribution in [2.24, 2.45) is 0 Å². The van der Waals surface area contributed by atoms with E-state index in [9.17, 15) is 9.59 Å². The lowest BCUT2D eigenvalue weighted by molar-refractivity contribution is -0.142. The number of nitrogens with one attached hydrogen (secondary N) is 1. The number of carbonyl (C=O) groups excluding carboxylic acids is 2. The van der Waals surface area contributed by atoms with Gasteiger partial charge in [0.1, 0.15) is 11.8 Å². The summed E-state index contributed by atoms with van der Waals surface area (Å²) in [5, 5.41) is 3.12. The van der Waals surface area contributed by atoms with Crippen LogP contribution in [0.5, 0.6) is 5.75 Å². The molecular formula is C24H29IN2O3. The summed E-state index contributed by atoms with van der Waals surface area (Å²) in [4.78, 5) is 27.6. The van der Waals surface area contributed by atoms with Crippen LogP contribution in [-0.4, -0.2) is 35.4 Å². The van der Waals surface area contributed by atoms with E-state index in [-0.39, 0.29) is 24.5 Å². The predicted molar refractivity (Wildman–Crippen MR) is 126 cm³/mol. The molecule has 2 aromatic rings. The van der Waals surface area contributed by atoms with Gasteiger partial charge in [0.25, 0.3) is 5.91 Å². The second kappa shape index (κ2) is 10.8. The molecule has 2 amide bonds. The van der Waals surface area contributed by atoms with Crippen molar-refractivity contribution in [3.8, 4) is 5.75 Å². The maximum atomic E-state index is 13.1. The van der Waals surface area contributed by atoms with Crippen LogP contribution in [-0.2, 0) is 16.1 Å². The van der Waals surface area contributed by atoms with Gasteiger partial charge in [-0.1, -0.05) is 37.1 Å². The third-order valence-electron chi connectivity index (χ3n) is 5.65. The molecule has 0 aliphatic heterocycles. The normalized spacial score (nSPS) is 14.9. The maximum absolute atomic E-state index is 13.1. The molecule has 0 bridgehead atoms. The van der Waals surface area contributed by atoms with Crippen LogP contribution in [0.15, 0.2) is 48.5 Å². The first-order valence-electron chi connectivity index (χ1n) is 10.5. The molecule has 1 atom stereocenters. The Kier molecular flexibility index (Phi) is 8.13. The Hall–Kier alpha value is -2.09. The fourth-order valence-electron chi connectivity index (χ4n) is 3.70. The van der Waals surface area contributed by atoms with Crippen molar-refractivity contribution in [2.75, 3.05) is 6.61 Å². The number of amides is 2. The van der Waals surface area contributed by atoms with Crippen LogP contribution >= 0.6 is 22.6 Å². The summed E-state index contributed by atoms with van der Waals surface area (Å²) in [6.07, 6.45) is 4.32. The first-order chi connectivity index (χ1) is 14.4. The largest absolute Gasteiger partial charge is 0.484 e. The molecule has 160 valence electrons. The fraction of sp³-hybridized carbons (Fsp3) is 0.417. The standard InChI is InChI=1S/C24H29IN2O3/c1-17-7-3-4-8-19(17)15-27(18(2)24(29)26-21-9-5-6-10-21)23(28)16-30-22-13-11-20(25)12-14-22/h3-4,7-8,11-14,18,21H,5-6,9-10,15-16H2,1-2H3,(H,26,29). The first kappa shape index (κ1) is 22.6. The third-order valence-corrected chi connectivity index (χ3v) is 6.37. The van der Waals surface area contributed by atoms with Crippen molar-refractivity contribution in [3.05, 3.63) is 63.2 Å². The monoisotopic (exact) mass is 520 g/mol. The highest BCUT2D eigenvalue weighted by Gasteiger charge is 2.29. The van der Waals surface area contributed by atoms with Gasteiger partial charge in [0, 0.05) is 16.2 Å². The van der Waals surface area contributed by atoms with Gasteiger partial charge in [0.15, 0.2) is 6.61 Å². The van der Waals surface area contributed by atoms with E-state index in [1.165, 1.54) is 0 Å². The minimum absolute atomic E-state index is 0.0990. The second-order valence-electron chi connectivity index (χ2n) is 7.86. The highest BCUT2D eigenvalue weighted by atomic mass is 127. The lowest BCUT2D eigenvalue weighted by Crippen LogP contribution is -2.50. The molecule has 1 fully saturated rings. The summed E-state index contributed by atoms with van der Waals surface area (Å²) in [5.74, 6) is 0.339. The van der Waals surface area contributed by atoms with Crippen molar-refractivity contribution < 1.29 is 14.3 Å². The van der Waals surface area contributed by atoms with E-state index in [1.807, 2.05) is 55.5 Å². The summed E-state index contributed by atoms with van der Waals surface area (Å²) < 4.78 is 6.81.